The fourth-order valence-electron chi connectivity index (χ4n) is 4.24. The van der Waals surface area contributed by atoms with Gasteiger partial charge in [-0.3, -0.25) is 0 Å². The number of hydrogen-bond acceptors (Lipinski definition) is 5. The minimum Gasteiger partial charge on any atom is -0.367 e. The van der Waals surface area contributed by atoms with Crippen LogP contribution in [0.4, 0.5) is 14.6 Å². The largest absolute Gasteiger partial charge is 0.367 e. The number of fused-ring (bicyclic) bond motifs is 1. The van der Waals surface area contributed by atoms with E-state index in [0.29, 0.717) is 34.5 Å². The lowest BCUT2D eigenvalue weighted by molar-refractivity contribution is 0.410. The molecule has 9 heteroatoms. The minimum atomic E-state index is -0.878. The van der Waals surface area contributed by atoms with Crippen LogP contribution in [0.3, 0.4) is 0 Å². The van der Waals surface area contributed by atoms with Gasteiger partial charge in [0.2, 0.25) is 0 Å². The van der Waals surface area contributed by atoms with E-state index in [1.54, 1.807) is 12.4 Å². The smallest absolute Gasteiger partial charge is 0.177 e. The Morgan fingerprint density at radius 3 is 2.64 bits per heavy atom. The van der Waals surface area contributed by atoms with Crippen molar-refractivity contribution in [2.45, 2.75) is 44.2 Å². The fraction of sp³-hybridized carbons (Fsp3) is 0.292. The molecule has 1 aromatic carbocycles. The van der Waals surface area contributed by atoms with Gasteiger partial charge in [-0.25, -0.2) is 23.7 Å². The molecule has 1 aliphatic carbocycles. The molecular formula is C24H23ClF2N6. The summed E-state index contributed by atoms with van der Waals surface area (Å²) in [5.41, 5.74) is 9.53. The predicted molar refractivity (Wildman–Crippen MR) is 125 cm³/mol. The van der Waals surface area contributed by atoms with E-state index in [2.05, 4.69) is 25.3 Å². The maximum Gasteiger partial charge on any atom is 0.177 e. The third-order valence-electron chi connectivity index (χ3n) is 6.03. The Balaban J connectivity index is 1.38. The standard InChI is InChI=1S/C24H23ClF2N6/c25-18-12-29-22(31-16-4-2-15(28)3-5-16)10-17(18)14-9-21-24(30-11-14)33-23(32-21)8-13-1-6-19(26)20(27)7-13/h1,6-7,9-12,15-16H,2-5,8,28H2,(H,29,31)(H,30,32,33). The molecular weight excluding hydrogens is 446 g/mol. The van der Waals surface area contributed by atoms with Gasteiger partial charge in [-0.2, -0.15) is 0 Å². The molecule has 1 saturated carbocycles. The van der Waals surface area contributed by atoms with Gasteiger partial charge in [-0.1, -0.05) is 17.7 Å². The number of anilines is 1. The van der Waals surface area contributed by atoms with Crippen molar-refractivity contribution in [1.29, 1.82) is 0 Å². The number of H-pyrrole nitrogens is 1. The Morgan fingerprint density at radius 1 is 1.03 bits per heavy atom. The van der Waals surface area contributed by atoms with Gasteiger partial charge in [0.25, 0.3) is 0 Å². The highest BCUT2D eigenvalue weighted by molar-refractivity contribution is 6.33. The summed E-state index contributed by atoms with van der Waals surface area (Å²) in [4.78, 5) is 16.6. The summed E-state index contributed by atoms with van der Waals surface area (Å²) in [7, 11) is 0. The van der Waals surface area contributed by atoms with Crippen molar-refractivity contribution in [3.8, 4) is 11.1 Å². The van der Waals surface area contributed by atoms with Crippen LogP contribution in [0.5, 0.6) is 0 Å². The van der Waals surface area contributed by atoms with Crippen LogP contribution in [-0.2, 0) is 6.42 Å². The van der Waals surface area contributed by atoms with Crippen molar-refractivity contribution in [3.63, 3.8) is 0 Å². The van der Waals surface area contributed by atoms with Crippen molar-refractivity contribution >= 4 is 28.6 Å². The zero-order valence-electron chi connectivity index (χ0n) is 17.8. The molecule has 0 amide bonds. The first-order chi connectivity index (χ1) is 15.9. The van der Waals surface area contributed by atoms with E-state index < -0.39 is 11.6 Å². The number of imidazole rings is 1. The number of hydrogen-bond donors (Lipinski definition) is 3. The van der Waals surface area contributed by atoms with Crippen molar-refractivity contribution in [2.75, 3.05) is 5.32 Å². The van der Waals surface area contributed by atoms with Gasteiger partial charge in [-0.15, -0.1) is 0 Å². The average molecular weight is 469 g/mol. The SMILES string of the molecule is NC1CCC(Nc2cc(-c3cnc4nc(Cc5ccc(F)c(F)c5)[nH]c4c3)c(Cl)cn2)CC1. The molecule has 0 spiro atoms. The van der Waals surface area contributed by atoms with Gasteiger partial charge in [-0.05, 0) is 55.5 Å². The van der Waals surface area contributed by atoms with Gasteiger partial charge in [0.05, 0.1) is 10.5 Å². The second kappa shape index (κ2) is 9.03. The van der Waals surface area contributed by atoms with Crippen LogP contribution in [0.1, 0.15) is 37.1 Å². The molecule has 0 atom stereocenters. The average Bonchev–Trinajstić information content (AvgIpc) is 3.20. The second-order valence-electron chi connectivity index (χ2n) is 8.51. The van der Waals surface area contributed by atoms with Crippen LogP contribution in [0, 0.1) is 11.6 Å². The number of nitrogens with one attached hydrogen (secondary N) is 2. The van der Waals surface area contributed by atoms with Crippen LogP contribution < -0.4 is 11.1 Å². The first-order valence-electron chi connectivity index (χ1n) is 10.9. The number of aromatic amines is 1. The van der Waals surface area contributed by atoms with Gasteiger partial charge >= 0.3 is 0 Å². The molecule has 0 unspecified atom stereocenters. The summed E-state index contributed by atoms with van der Waals surface area (Å²) in [6.07, 6.45) is 7.73. The monoisotopic (exact) mass is 468 g/mol. The topological polar surface area (TPSA) is 92.5 Å². The van der Waals surface area contributed by atoms with E-state index in [1.807, 2.05) is 12.1 Å². The Kier molecular flexibility index (Phi) is 5.95. The summed E-state index contributed by atoms with van der Waals surface area (Å²) >= 11 is 6.46. The molecule has 0 bridgehead atoms. The van der Waals surface area contributed by atoms with Crippen LogP contribution in [0.15, 0.2) is 42.7 Å². The van der Waals surface area contributed by atoms with E-state index >= 15 is 0 Å². The number of rotatable bonds is 5. The molecule has 3 heterocycles. The molecule has 4 N–H and O–H groups in total. The molecule has 5 rings (SSSR count). The van der Waals surface area contributed by atoms with Crippen LogP contribution in [-0.4, -0.2) is 32.0 Å². The lowest BCUT2D eigenvalue weighted by Gasteiger charge is -2.27. The Morgan fingerprint density at radius 2 is 1.85 bits per heavy atom. The molecule has 0 aliphatic heterocycles. The molecule has 0 saturated heterocycles. The van der Waals surface area contributed by atoms with Gasteiger partial charge in [0.1, 0.15) is 11.6 Å². The first-order valence-corrected chi connectivity index (χ1v) is 11.3. The van der Waals surface area contributed by atoms with E-state index in [1.165, 1.54) is 12.1 Å². The molecule has 33 heavy (non-hydrogen) atoms. The molecule has 170 valence electrons. The normalized spacial score (nSPS) is 18.5. The number of aromatic nitrogens is 4. The highest BCUT2D eigenvalue weighted by atomic mass is 35.5. The molecule has 4 aromatic rings. The van der Waals surface area contributed by atoms with E-state index in [4.69, 9.17) is 17.3 Å². The minimum absolute atomic E-state index is 0.288. The third-order valence-corrected chi connectivity index (χ3v) is 6.33. The second-order valence-corrected chi connectivity index (χ2v) is 8.92. The number of pyridine rings is 2. The van der Waals surface area contributed by atoms with Crippen molar-refractivity contribution < 1.29 is 8.78 Å². The number of halogens is 3. The first kappa shape index (κ1) is 21.7. The van der Waals surface area contributed by atoms with Crippen molar-refractivity contribution in [2.24, 2.45) is 5.73 Å². The third kappa shape index (κ3) is 4.82. The zero-order valence-corrected chi connectivity index (χ0v) is 18.5. The van der Waals surface area contributed by atoms with Gasteiger partial charge in [0.15, 0.2) is 17.3 Å². The Bertz CT molecular complexity index is 1300. The van der Waals surface area contributed by atoms with E-state index in [0.717, 1.165) is 54.2 Å². The van der Waals surface area contributed by atoms with E-state index in [-0.39, 0.29) is 6.04 Å². The van der Waals surface area contributed by atoms with Gasteiger partial charge < -0.3 is 16.0 Å². The summed E-state index contributed by atoms with van der Waals surface area (Å²) in [6, 6.07) is 8.31. The van der Waals surface area contributed by atoms with Crippen LogP contribution >= 0.6 is 11.6 Å². The quantitative estimate of drug-likeness (QED) is 0.373. The van der Waals surface area contributed by atoms with Crippen LogP contribution in [0.2, 0.25) is 5.02 Å². The highest BCUT2D eigenvalue weighted by Crippen LogP contribution is 2.31. The zero-order chi connectivity index (χ0) is 22.9. The summed E-state index contributed by atoms with van der Waals surface area (Å²) in [5.74, 6) is -0.375. The number of nitrogens with two attached hydrogens (primary N) is 1. The lowest BCUT2D eigenvalue weighted by Crippen LogP contribution is -2.33. The van der Waals surface area contributed by atoms with Crippen molar-refractivity contribution in [3.05, 3.63) is 70.8 Å². The summed E-state index contributed by atoms with van der Waals surface area (Å²) < 4.78 is 26.7. The van der Waals surface area contributed by atoms with Crippen molar-refractivity contribution in [1.82, 2.24) is 19.9 Å². The summed E-state index contributed by atoms with van der Waals surface area (Å²) in [5, 5.41) is 4.01. The lowest BCUT2D eigenvalue weighted by atomic mass is 9.92. The highest BCUT2D eigenvalue weighted by Gasteiger charge is 2.19. The molecule has 1 aliphatic rings. The van der Waals surface area contributed by atoms with E-state index in [9.17, 15) is 8.78 Å². The fourth-order valence-corrected chi connectivity index (χ4v) is 4.45. The Hall–Kier alpha value is -3.10. The number of benzene rings is 1. The summed E-state index contributed by atoms with van der Waals surface area (Å²) in [6.45, 7) is 0. The number of nitrogens with zero attached hydrogens (tertiary/aromatic N) is 3. The van der Waals surface area contributed by atoms with Gasteiger partial charge in [0, 0.05) is 42.0 Å². The molecule has 3 aromatic heterocycles. The molecule has 1 fully saturated rings. The maximum atomic E-state index is 13.5. The molecule has 6 nitrogen and oxygen atoms in total. The Labute approximate surface area is 194 Å². The predicted octanol–water partition coefficient (Wildman–Crippen LogP) is 5.22. The maximum absolute atomic E-state index is 13.5. The van der Waals surface area contributed by atoms with Crippen LogP contribution in [0.25, 0.3) is 22.3 Å². The molecule has 0 radical (unpaired) electrons.